The van der Waals surface area contributed by atoms with Crippen LogP contribution in [0.3, 0.4) is 0 Å². The molecule has 2 aromatic heterocycles. The monoisotopic (exact) mass is 419 g/mol. The molecule has 140 valence electrons. The Morgan fingerprint density at radius 3 is 2.74 bits per heavy atom. The van der Waals surface area contributed by atoms with Crippen molar-refractivity contribution >= 4 is 46.5 Å². The van der Waals surface area contributed by atoms with Crippen molar-refractivity contribution in [1.82, 2.24) is 9.78 Å². The lowest BCUT2D eigenvalue weighted by molar-refractivity contribution is 0.0994. The van der Waals surface area contributed by atoms with Gasteiger partial charge in [0.15, 0.2) is 5.69 Å². The van der Waals surface area contributed by atoms with E-state index in [4.69, 9.17) is 28.9 Å². The SMILES string of the molecule is CCCC=Cc1ccc(-c2c(C)c(C(N)=O)nn2-c2ccc(Cl)cc2Cl)s1. The summed E-state index contributed by atoms with van der Waals surface area (Å²) in [5.41, 5.74) is 7.92. The molecule has 4 nitrogen and oxygen atoms in total. The van der Waals surface area contributed by atoms with Gasteiger partial charge in [0, 0.05) is 15.5 Å². The number of carbonyl (C=O) groups excluding carboxylic acids is 1. The third-order valence-corrected chi connectivity index (χ3v) is 5.69. The fourth-order valence-electron chi connectivity index (χ4n) is 2.78. The van der Waals surface area contributed by atoms with Crippen molar-refractivity contribution in [1.29, 1.82) is 0 Å². The van der Waals surface area contributed by atoms with Gasteiger partial charge in [0.1, 0.15) is 0 Å². The first-order chi connectivity index (χ1) is 12.9. The molecule has 0 unspecified atom stereocenters. The molecule has 0 bridgehead atoms. The van der Waals surface area contributed by atoms with Gasteiger partial charge < -0.3 is 5.73 Å². The van der Waals surface area contributed by atoms with E-state index >= 15 is 0 Å². The average Bonchev–Trinajstić information content (AvgIpc) is 3.19. The van der Waals surface area contributed by atoms with Gasteiger partial charge in [0.05, 0.1) is 21.3 Å². The molecule has 0 fully saturated rings. The van der Waals surface area contributed by atoms with E-state index in [2.05, 4.69) is 30.2 Å². The maximum atomic E-state index is 11.9. The summed E-state index contributed by atoms with van der Waals surface area (Å²) in [6.07, 6.45) is 6.41. The van der Waals surface area contributed by atoms with Crippen LogP contribution in [0.4, 0.5) is 0 Å². The fourth-order valence-corrected chi connectivity index (χ4v) is 4.30. The van der Waals surface area contributed by atoms with Gasteiger partial charge in [0.25, 0.3) is 5.91 Å². The number of primary amides is 1. The maximum absolute atomic E-state index is 11.9. The number of carbonyl (C=O) groups is 1. The smallest absolute Gasteiger partial charge is 0.269 e. The lowest BCUT2D eigenvalue weighted by Crippen LogP contribution is -2.13. The number of benzene rings is 1. The molecule has 0 aliphatic heterocycles. The molecule has 0 radical (unpaired) electrons. The number of rotatable bonds is 6. The largest absolute Gasteiger partial charge is 0.364 e. The Labute approximate surface area is 172 Å². The molecule has 3 aromatic rings. The van der Waals surface area contributed by atoms with Crippen molar-refractivity contribution in [2.75, 3.05) is 0 Å². The summed E-state index contributed by atoms with van der Waals surface area (Å²) in [4.78, 5) is 14.0. The van der Waals surface area contributed by atoms with Crippen LogP contribution in [0.1, 0.15) is 40.7 Å². The summed E-state index contributed by atoms with van der Waals surface area (Å²) in [6.45, 7) is 3.99. The molecule has 0 saturated carbocycles. The van der Waals surface area contributed by atoms with Crippen LogP contribution in [0.2, 0.25) is 10.0 Å². The topological polar surface area (TPSA) is 60.9 Å². The summed E-state index contributed by atoms with van der Waals surface area (Å²) >= 11 is 14.0. The molecular weight excluding hydrogens is 401 g/mol. The van der Waals surface area contributed by atoms with Gasteiger partial charge in [-0.15, -0.1) is 11.3 Å². The second-order valence-electron chi connectivity index (χ2n) is 6.09. The zero-order valence-corrected chi connectivity index (χ0v) is 17.3. The van der Waals surface area contributed by atoms with Crippen LogP contribution in [0, 0.1) is 6.92 Å². The molecule has 0 aliphatic rings. The molecule has 1 amide bonds. The van der Waals surface area contributed by atoms with Crippen LogP contribution in [0.25, 0.3) is 22.3 Å². The first kappa shape index (κ1) is 19.7. The summed E-state index contributed by atoms with van der Waals surface area (Å²) < 4.78 is 1.67. The minimum atomic E-state index is -0.572. The Hall–Kier alpha value is -2.08. The van der Waals surface area contributed by atoms with E-state index in [1.165, 1.54) is 0 Å². The Balaban J connectivity index is 2.15. The van der Waals surface area contributed by atoms with Gasteiger partial charge in [-0.2, -0.15) is 5.10 Å². The molecule has 0 atom stereocenters. The summed E-state index contributed by atoms with van der Waals surface area (Å²) in [5.74, 6) is -0.572. The Kier molecular flexibility index (Phi) is 6.05. The summed E-state index contributed by atoms with van der Waals surface area (Å²) in [5, 5.41) is 5.41. The molecule has 2 heterocycles. The standard InChI is InChI=1S/C20H19Cl2N3OS/c1-3-4-5-6-14-8-10-17(27-14)19-12(2)18(20(23)26)24-25(19)16-9-7-13(21)11-15(16)22/h5-11H,3-4H2,1-2H3,(H2,23,26). The lowest BCUT2D eigenvalue weighted by atomic mass is 10.1. The van der Waals surface area contributed by atoms with Crippen LogP contribution in [-0.2, 0) is 0 Å². The predicted octanol–water partition coefficient (Wildman–Crippen LogP) is 6.13. The van der Waals surface area contributed by atoms with Crippen molar-refractivity contribution in [2.45, 2.75) is 26.7 Å². The third kappa shape index (κ3) is 4.10. The zero-order chi connectivity index (χ0) is 19.6. The number of amides is 1. The molecule has 3 rings (SSSR count). The van der Waals surface area contributed by atoms with E-state index in [-0.39, 0.29) is 5.69 Å². The van der Waals surface area contributed by atoms with Gasteiger partial charge in [-0.3, -0.25) is 4.79 Å². The molecule has 1 aromatic carbocycles. The molecule has 7 heteroatoms. The first-order valence-electron chi connectivity index (χ1n) is 8.54. The number of unbranched alkanes of at least 4 members (excludes halogenated alkanes) is 1. The van der Waals surface area contributed by atoms with E-state index in [9.17, 15) is 4.79 Å². The highest BCUT2D eigenvalue weighted by Gasteiger charge is 2.22. The summed E-state index contributed by atoms with van der Waals surface area (Å²) in [6, 6.07) is 9.24. The number of nitrogens with zero attached hydrogens (tertiary/aromatic N) is 2. The molecule has 27 heavy (non-hydrogen) atoms. The van der Waals surface area contributed by atoms with Crippen LogP contribution in [0.5, 0.6) is 0 Å². The number of hydrogen-bond acceptors (Lipinski definition) is 3. The van der Waals surface area contributed by atoms with Crippen molar-refractivity contribution in [2.24, 2.45) is 5.73 Å². The third-order valence-electron chi connectivity index (χ3n) is 4.09. The van der Waals surface area contributed by atoms with Crippen LogP contribution in [0.15, 0.2) is 36.4 Å². The Morgan fingerprint density at radius 2 is 2.07 bits per heavy atom. The predicted molar refractivity (Wildman–Crippen MR) is 114 cm³/mol. The van der Waals surface area contributed by atoms with E-state index < -0.39 is 5.91 Å². The zero-order valence-electron chi connectivity index (χ0n) is 15.0. The molecule has 0 aliphatic carbocycles. The van der Waals surface area contributed by atoms with E-state index in [0.717, 1.165) is 33.9 Å². The quantitative estimate of drug-likeness (QED) is 0.522. The minimum Gasteiger partial charge on any atom is -0.364 e. The fraction of sp³-hybridized carbons (Fsp3) is 0.200. The van der Waals surface area contributed by atoms with Crippen molar-refractivity contribution in [3.63, 3.8) is 0 Å². The van der Waals surface area contributed by atoms with E-state index in [1.807, 2.05) is 13.0 Å². The van der Waals surface area contributed by atoms with Crippen molar-refractivity contribution < 1.29 is 4.79 Å². The number of aromatic nitrogens is 2. The molecule has 0 spiro atoms. The number of thiophene rings is 1. The van der Waals surface area contributed by atoms with Gasteiger partial charge in [-0.1, -0.05) is 42.6 Å². The highest BCUT2D eigenvalue weighted by Crippen LogP contribution is 2.36. The van der Waals surface area contributed by atoms with Gasteiger partial charge >= 0.3 is 0 Å². The van der Waals surface area contributed by atoms with Crippen LogP contribution >= 0.6 is 34.5 Å². The highest BCUT2D eigenvalue weighted by atomic mass is 35.5. The Morgan fingerprint density at radius 1 is 1.30 bits per heavy atom. The second-order valence-corrected chi connectivity index (χ2v) is 8.05. The highest BCUT2D eigenvalue weighted by molar-refractivity contribution is 7.16. The number of nitrogens with two attached hydrogens (primary N) is 1. The van der Waals surface area contributed by atoms with Crippen molar-refractivity contribution in [3.05, 3.63) is 62.6 Å². The number of hydrogen-bond donors (Lipinski definition) is 1. The maximum Gasteiger partial charge on any atom is 0.269 e. The van der Waals surface area contributed by atoms with Gasteiger partial charge in [-0.25, -0.2) is 4.68 Å². The normalized spacial score (nSPS) is 11.4. The summed E-state index contributed by atoms with van der Waals surface area (Å²) in [7, 11) is 0. The Bertz CT molecular complexity index is 1020. The first-order valence-corrected chi connectivity index (χ1v) is 10.1. The lowest BCUT2D eigenvalue weighted by Gasteiger charge is -2.09. The second kappa shape index (κ2) is 8.30. The average molecular weight is 420 g/mol. The number of allylic oxidation sites excluding steroid dienone is 1. The van der Waals surface area contributed by atoms with Crippen LogP contribution < -0.4 is 5.73 Å². The van der Waals surface area contributed by atoms with Gasteiger partial charge in [0.2, 0.25) is 0 Å². The van der Waals surface area contributed by atoms with Crippen molar-refractivity contribution in [3.8, 4) is 16.3 Å². The molecule has 2 N–H and O–H groups in total. The van der Waals surface area contributed by atoms with E-state index in [1.54, 1.807) is 34.2 Å². The van der Waals surface area contributed by atoms with Crippen LogP contribution in [-0.4, -0.2) is 15.7 Å². The van der Waals surface area contributed by atoms with E-state index in [0.29, 0.717) is 15.7 Å². The minimum absolute atomic E-state index is 0.229. The molecular formula is C20H19Cl2N3OS. The van der Waals surface area contributed by atoms with Gasteiger partial charge in [-0.05, 0) is 49.8 Å². The molecule has 0 saturated heterocycles. The number of halogens is 2.